The van der Waals surface area contributed by atoms with Crippen molar-refractivity contribution in [2.75, 3.05) is 0 Å². The Hall–Kier alpha value is -1.69. The third-order valence-corrected chi connectivity index (χ3v) is 2.31. The van der Waals surface area contributed by atoms with Crippen LogP contribution in [0.4, 0.5) is 0 Å². The molecule has 0 amide bonds. The van der Waals surface area contributed by atoms with E-state index in [1.165, 1.54) is 0 Å². The minimum atomic E-state index is -1.17. The minimum absolute atomic E-state index is 0.395. The van der Waals surface area contributed by atoms with Crippen LogP contribution in [0.25, 0.3) is 0 Å². The van der Waals surface area contributed by atoms with E-state index in [4.69, 9.17) is 15.0 Å². The maximum Gasteiger partial charge on any atom is 0.325 e. The van der Waals surface area contributed by atoms with Gasteiger partial charge in [0, 0.05) is 12.5 Å². The number of benzene rings is 1. The molecule has 0 aromatic heterocycles. The summed E-state index contributed by atoms with van der Waals surface area (Å²) in [4.78, 5) is 29.6. The van der Waals surface area contributed by atoms with Crippen LogP contribution in [0.15, 0.2) is 30.3 Å². The van der Waals surface area contributed by atoms with Gasteiger partial charge >= 0.3 is 5.97 Å². The Labute approximate surface area is 106 Å². The molecule has 0 radical (unpaired) electrons. The van der Waals surface area contributed by atoms with E-state index in [0.29, 0.717) is 5.56 Å². The first-order valence-electron chi connectivity index (χ1n) is 4.52. The van der Waals surface area contributed by atoms with Crippen LogP contribution in [-0.4, -0.2) is 32.8 Å². The van der Waals surface area contributed by atoms with E-state index >= 15 is 0 Å². The predicted molar refractivity (Wildman–Crippen MR) is 64.4 cm³/mol. The third kappa shape index (κ3) is 6.47. The van der Waals surface area contributed by atoms with Crippen LogP contribution in [0.1, 0.15) is 17.3 Å². The number of hydrogen-bond donors (Lipinski definition) is 2. The van der Waals surface area contributed by atoms with Crippen LogP contribution < -0.4 is 0 Å². The molecule has 1 rings (SSSR count). The van der Waals surface area contributed by atoms with Crippen molar-refractivity contribution in [3.8, 4) is 0 Å². The average Bonchev–Trinajstić information content (AvgIpc) is 2.27. The maximum atomic E-state index is 11.4. The summed E-state index contributed by atoms with van der Waals surface area (Å²) in [6.07, 6.45) is 0. The number of hydrogen-bond acceptors (Lipinski definition) is 3. The molecule has 0 bridgehead atoms. The molecule has 0 fully saturated rings. The Kier molecular flexibility index (Phi) is 6.81. The molecule has 0 spiro atoms. The van der Waals surface area contributed by atoms with Crippen molar-refractivity contribution in [1.29, 1.82) is 0 Å². The quantitative estimate of drug-likeness (QED) is 0.505. The summed E-state index contributed by atoms with van der Waals surface area (Å²) < 4.78 is 0. The predicted octanol–water partition coefficient (Wildman–Crippen LogP) is 1.81. The number of carboxylic acids is 2. The number of halogens is 1. The fourth-order valence-corrected chi connectivity index (χ4v) is 1.13. The molecule has 1 unspecified atom stereocenters. The summed E-state index contributed by atoms with van der Waals surface area (Å²) in [6.45, 7) is 1.08. The van der Waals surface area contributed by atoms with Gasteiger partial charge in [-0.2, -0.15) is 0 Å². The van der Waals surface area contributed by atoms with Crippen molar-refractivity contribution in [1.82, 2.24) is 0 Å². The number of aliphatic carboxylic acids is 2. The SMILES string of the molecule is CC(=O)O.O=C(O)C(Br)C(=O)c1ccccc1. The third-order valence-electron chi connectivity index (χ3n) is 1.51. The van der Waals surface area contributed by atoms with Gasteiger partial charge in [0.1, 0.15) is 0 Å². The Morgan fingerprint density at radius 1 is 1.12 bits per heavy atom. The van der Waals surface area contributed by atoms with Gasteiger partial charge in [0.15, 0.2) is 10.6 Å². The fourth-order valence-electron chi connectivity index (χ4n) is 0.861. The van der Waals surface area contributed by atoms with Gasteiger partial charge in [-0.25, -0.2) is 0 Å². The van der Waals surface area contributed by atoms with E-state index in [1.807, 2.05) is 0 Å². The Balaban J connectivity index is 0.000000557. The van der Waals surface area contributed by atoms with E-state index in [0.717, 1.165) is 6.92 Å². The van der Waals surface area contributed by atoms with E-state index in [9.17, 15) is 9.59 Å². The summed E-state index contributed by atoms with van der Waals surface area (Å²) in [5.41, 5.74) is 0.395. The second-order valence-corrected chi connectivity index (χ2v) is 3.87. The minimum Gasteiger partial charge on any atom is -0.481 e. The molecule has 1 aromatic carbocycles. The van der Waals surface area contributed by atoms with Crippen LogP contribution in [0.5, 0.6) is 0 Å². The standard InChI is InChI=1S/C9H7BrO3.C2H4O2/c10-7(9(12)13)8(11)6-4-2-1-3-5-6;1-2(3)4/h1-5,7H,(H,12,13);1H3,(H,3,4). The zero-order chi connectivity index (χ0) is 13.4. The number of carboxylic acid groups (broad SMARTS) is 2. The van der Waals surface area contributed by atoms with Gasteiger partial charge in [0.2, 0.25) is 0 Å². The van der Waals surface area contributed by atoms with Crippen molar-refractivity contribution in [2.45, 2.75) is 11.8 Å². The largest absolute Gasteiger partial charge is 0.481 e. The monoisotopic (exact) mass is 302 g/mol. The maximum absolute atomic E-state index is 11.4. The van der Waals surface area contributed by atoms with Gasteiger partial charge < -0.3 is 10.2 Å². The van der Waals surface area contributed by atoms with E-state index in [1.54, 1.807) is 30.3 Å². The van der Waals surface area contributed by atoms with Gasteiger partial charge in [0.25, 0.3) is 5.97 Å². The lowest BCUT2D eigenvalue weighted by atomic mass is 10.1. The summed E-state index contributed by atoms with van der Waals surface area (Å²) >= 11 is 2.80. The van der Waals surface area contributed by atoms with Crippen molar-refractivity contribution < 1.29 is 24.6 Å². The molecule has 1 atom stereocenters. The molecule has 92 valence electrons. The molecule has 5 nitrogen and oxygen atoms in total. The molecule has 0 aliphatic heterocycles. The zero-order valence-corrected chi connectivity index (χ0v) is 10.5. The molecule has 17 heavy (non-hydrogen) atoms. The van der Waals surface area contributed by atoms with E-state index in [-0.39, 0.29) is 0 Å². The van der Waals surface area contributed by atoms with Gasteiger partial charge in [-0.3, -0.25) is 14.4 Å². The van der Waals surface area contributed by atoms with Crippen LogP contribution >= 0.6 is 15.9 Å². The van der Waals surface area contributed by atoms with Crippen molar-refractivity contribution in [3.63, 3.8) is 0 Å². The number of alkyl halides is 1. The van der Waals surface area contributed by atoms with Crippen molar-refractivity contribution in [3.05, 3.63) is 35.9 Å². The second kappa shape index (κ2) is 7.56. The van der Waals surface area contributed by atoms with E-state index < -0.39 is 22.5 Å². The first-order valence-corrected chi connectivity index (χ1v) is 5.43. The van der Waals surface area contributed by atoms with Gasteiger partial charge in [0.05, 0.1) is 0 Å². The normalized spacial score (nSPS) is 10.7. The lowest BCUT2D eigenvalue weighted by Crippen LogP contribution is -2.23. The average molecular weight is 303 g/mol. The molecular formula is C11H11BrO5. The lowest BCUT2D eigenvalue weighted by molar-refractivity contribution is -0.136. The first-order chi connectivity index (χ1) is 7.86. The molecule has 1 aromatic rings. The first kappa shape index (κ1) is 15.3. The van der Waals surface area contributed by atoms with Gasteiger partial charge in [-0.1, -0.05) is 46.3 Å². The number of carbonyl (C=O) groups excluding carboxylic acids is 1. The Morgan fingerprint density at radius 3 is 1.88 bits per heavy atom. The Bertz CT molecular complexity index is 398. The molecule has 0 aliphatic carbocycles. The topological polar surface area (TPSA) is 91.7 Å². The molecule has 0 heterocycles. The summed E-state index contributed by atoms with van der Waals surface area (Å²) in [5.74, 6) is -2.44. The highest BCUT2D eigenvalue weighted by molar-refractivity contribution is 9.10. The number of Topliss-reactive ketones (excluding diaryl/α,β-unsaturated/α-hetero) is 1. The molecule has 6 heteroatoms. The fraction of sp³-hybridized carbons (Fsp3) is 0.182. The molecule has 2 N–H and O–H groups in total. The van der Waals surface area contributed by atoms with Crippen LogP contribution in [0.2, 0.25) is 0 Å². The highest BCUT2D eigenvalue weighted by atomic mass is 79.9. The van der Waals surface area contributed by atoms with Crippen LogP contribution in [0, 0.1) is 0 Å². The van der Waals surface area contributed by atoms with Gasteiger partial charge in [-0.05, 0) is 0 Å². The van der Waals surface area contributed by atoms with Crippen LogP contribution in [0.3, 0.4) is 0 Å². The number of carbonyl (C=O) groups is 3. The second-order valence-electron chi connectivity index (χ2n) is 2.95. The summed E-state index contributed by atoms with van der Waals surface area (Å²) in [7, 11) is 0. The molecular weight excluding hydrogens is 292 g/mol. The number of rotatable bonds is 3. The van der Waals surface area contributed by atoms with Gasteiger partial charge in [-0.15, -0.1) is 0 Å². The summed E-state index contributed by atoms with van der Waals surface area (Å²) in [6, 6.07) is 8.31. The van der Waals surface area contributed by atoms with Crippen molar-refractivity contribution >= 4 is 33.7 Å². The lowest BCUT2D eigenvalue weighted by Gasteiger charge is -2.02. The smallest absolute Gasteiger partial charge is 0.325 e. The highest BCUT2D eigenvalue weighted by Gasteiger charge is 2.23. The molecule has 0 saturated heterocycles. The number of ketones is 1. The van der Waals surface area contributed by atoms with Crippen LogP contribution in [-0.2, 0) is 9.59 Å². The molecule has 0 saturated carbocycles. The highest BCUT2D eigenvalue weighted by Crippen LogP contribution is 2.09. The zero-order valence-electron chi connectivity index (χ0n) is 8.96. The van der Waals surface area contributed by atoms with Crippen molar-refractivity contribution in [2.24, 2.45) is 0 Å². The van der Waals surface area contributed by atoms with E-state index in [2.05, 4.69) is 15.9 Å². The Morgan fingerprint density at radius 2 is 1.53 bits per heavy atom. The summed E-state index contributed by atoms with van der Waals surface area (Å²) in [5, 5.41) is 16.0. The molecule has 0 aliphatic rings.